The molecule has 0 radical (unpaired) electrons. The average Bonchev–Trinajstić information content (AvgIpc) is 3.80. The number of amides is 1. The number of nitrogens with zero attached hydrogens (tertiary/aromatic N) is 4. The van der Waals surface area contributed by atoms with Crippen LogP contribution in [-0.4, -0.2) is 80.7 Å². The molecule has 0 spiro atoms. The number of imidazole rings is 1. The Morgan fingerprint density at radius 3 is 2.08 bits per heavy atom. The monoisotopic (exact) mass is 850 g/mol. The molecule has 7 rings (SSSR count). The summed E-state index contributed by atoms with van der Waals surface area (Å²) in [6.07, 6.45) is -4.27. The van der Waals surface area contributed by atoms with Crippen molar-refractivity contribution in [3.63, 3.8) is 0 Å². The Labute approximate surface area is 357 Å². The summed E-state index contributed by atoms with van der Waals surface area (Å²) in [5, 5.41) is 16.2. The van der Waals surface area contributed by atoms with Crippen LogP contribution in [0.3, 0.4) is 0 Å². The quantitative estimate of drug-likeness (QED) is 0.0653. The number of alkyl halides is 2. The van der Waals surface area contributed by atoms with E-state index in [0.717, 1.165) is 23.6 Å². The number of aliphatic hydroxyl groups is 1. The van der Waals surface area contributed by atoms with E-state index >= 15 is 8.78 Å². The lowest BCUT2D eigenvalue weighted by Gasteiger charge is -2.37. The molecule has 0 aliphatic carbocycles. The van der Waals surface area contributed by atoms with Gasteiger partial charge < -0.3 is 39.4 Å². The molecule has 1 saturated heterocycles. The predicted octanol–water partition coefficient (Wildman–Crippen LogP) is 7.42. The molecule has 1 aliphatic rings. The smallest absolute Gasteiger partial charge is 0.408 e. The molecule has 62 heavy (non-hydrogen) atoms. The number of nitrogens with one attached hydrogen (secondary N) is 2. The third-order valence-corrected chi connectivity index (χ3v) is 10.8. The van der Waals surface area contributed by atoms with Crippen molar-refractivity contribution < 1.29 is 47.2 Å². The Kier molecular flexibility index (Phi) is 12.7. The highest BCUT2D eigenvalue weighted by Crippen LogP contribution is 2.50. The van der Waals surface area contributed by atoms with Crippen molar-refractivity contribution in [2.24, 2.45) is 5.92 Å². The number of aromatic nitrogens is 4. The maximum Gasteiger partial charge on any atom is 0.408 e. The van der Waals surface area contributed by atoms with E-state index in [0.29, 0.717) is 11.3 Å². The van der Waals surface area contributed by atoms with Gasteiger partial charge in [0.05, 0.1) is 20.0 Å². The van der Waals surface area contributed by atoms with E-state index in [2.05, 4.69) is 15.6 Å². The van der Waals surface area contributed by atoms with Crippen molar-refractivity contribution in [1.82, 2.24) is 24.8 Å². The Bertz CT molecular complexity index is 2420. The number of fused-ring (bicyclic) bond motifs is 1. The Hall–Kier alpha value is -6.65. The van der Waals surface area contributed by atoms with Crippen LogP contribution in [0.15, 0.2) is 122 Å². The largest absolute Gasteiger partial charge is 0.497 e. The van der Waals surface area contributed by atoms with Gasteiger partial charge in [-0.3, -0.25) is 4.57 Å². The number of methoxy groups -OCH3 is 1. The van der Waals surface area contributed by atoms with Crippen LogP contribution in [0.4, 0.5) is 19.5 Å². The maximum absolute atomic E-state index is 16.6. The Morgan fingerprint density at radius 2 is 1.52 bits per heavy atom. The van der Waals surface area contributed by atoms with Gasteiger partial charge in [-0.2, -0.15) is 9.97 Å². The van der Waals surface area contributed by atoms with Crippen LogP contribution in [0, 0.1) is 5.92 Å². The van der Waals surface area contributed by atoms with Gasteiger partial charge in [0.2, 0.25) is 18.0 Å². The van der Waals surface area contributed by atoms with E-state index < -0.39 is 60.0 Å². The lowest BCUT2D eigenvalue weighted by Crippen LogP contribution is -2.53. The molecule has 6 aromatic rings. The first kappa shape index (κ1) is 43.4. The van der Waals surface area contributed by atoms with E-state index in [1.807, 2.05) is 91.0 Å². The van der Waals surface area contributed by atoms with Gasteiger partial charge in [0.1, 0.15) is 30.5 Å². The first-order chi connectivity index (χ1) is 29.9. The number of carbonyl (C=O) groups is 2. The first-order valence-electron chi connectivity index (χ1n) is 20.1. The van der Waals surface area contributed by atoms with Crippen molar-refractivity contribution in [3.8, 4) is 11.6 Å². The molecule has 1 amide bonds. The molecular formula is C46H48F2N6O8. The summed E-state index contributed by atoms with van der Waals surface area (Å²) in [5.74, 6) is -4.35. The number of esters is 1. The summed E-state index contributed by atoms with van der Waals surface area (Å²) >= 11 is 0. The van der Waals surface area contributed by atoms with Crippen LogP contribution in [0.5, 0.6) is 11.6 Å². The number of ether oxygens (including phenoxy) is 5. The molecular weight excluding hydrogens is 803 g/mol. The number of hydrogen-bond donors (Lipinski definition) is 3. The Balaban J connectivity index is 1.31. The minimum atomic E-state index is -3.34. The third-order valence-electron chi connectivity index (χ3n) is 10.8. The van der Waals surface area contributed by atoms with Crippen LogP contribution >= 0.6 is 0 Å². The molecule has 0 bridgehead atoms. The summed E-state index contributed by atoms with van der Waals surface area (Å²) in [4.78, 5) is 41.0. The lowest BCUT2D eigenvalue weighted by molar-refractivity contribution is -0.197. The van der Waals surface area contributed by atoms with Gasteiger partial charge in [-0.15, -0.1) is 0 Å². The third kappa shape index (κ3) is 8.35. The first-order valence-corrected chi connectivity index (χ1v) is 20.1. The zero-order chi connectivity index (χ0) is 44.1. The number of rotatable bonds is 16. The molecule has 5 atom stereocenters. The fraction of sp³-hybridized carbons (Fsp3) is 0.326. The second-order valence-corrected chi connectivity index (χ2v) is 15.3. The van der Waals surface area contributed by atoms with Crippen LogP contribution in [0.2, 0.25) is 0 Å². The van der Waals surface area contributed by atoms with Crippen molar-refractivity contribution >= 4 is 29.2 Å². The molecule has 3 heterocycles. The van der Waals surface area contributed by atoms with E-state index in [1.165, 1.54) is 10.9 Å². The fourth-order valence-corrected chi connectivity index (χ4v) is 7.59. The van der Waals surface area contributed by atoms with Crippen LogP contribution < -0.4 is 20.1 Å². The highest BCUT2D eigenvalue weighted by atomic mass is 19.2. The molecule has 1 aliphatic heterocycles. The van der Waals surface area contributed by atoms with Gasteiger partial charge >= 0.3 is 12.1 Å². The van der Waals surface area contributed by atoms with E-state index in [9.17, 15) is 14.7 Å². The van der Waals surface area contributed by atoms with Gasteiger partial charge in [-0.25, -0.2) is 23.4 Å². The molecule has 0 saturated carbocycles. The molecule has 2 aromatic heterocycles. The zero-order valence-electron chi connectivity index (χ0n) is 34.8. The summed E-state index contributed by atoms with van der Waals surface area (Å²) in [6.45, 7) is 4.82. The normalized spacial score (nSPS) is 20.4. The predicted molar refractivity (Wildman–Crippen MR) is 225 cm³/mol. The zero-order valence-corrected chi connectivity index (χ0v) is 34.8. The average molecular weight is 851 g/mol. The molecule has 16 heteroatoms. The van der Waals surface area contributed by atoms with Crippen molar-refractivity contribution in [2.75, 3.05) is 25.6 Å². The summed E-state index contributed by atoms with van der Waals surface area (Å²) in [5.41, 5.74) is -0.421. The van der Waals surface area contributed by atoms with Crippen molar-refractivity contribution in [2.45, 2.75) is 69.7 Å². The van der Waals surface area contributed by atoms with Gasteiger partial charge in [-0.05, 0) is 54.2 Å². The second kappa shape index (κ2) is 18.1. The minimum Gasteiger partial charge on any atom is -0.497 e. The van der Waals surface area contributed by atoms with Crippen LogP contribution in [0.25, 0.3) is 11.2 Å². The number of carbonyl (C=O) groups excluding carboxylic acids is 2. The number of hydrogen-bond acceptors (Lipinski definition) is 12. The van der Waals surface area contributed by atoms with E-state index in [-0.39, 0.29) is 36.2 Å². The highest BCUT2D eigenvalue weighted by molar-refractivity contribution is 5.82. The van der Waals surface area contributed by atoms with Gasteiger partial charge in [0, 0.05) is 0 Å². The summed E-state index contributed by atoms with van der Waals surface area (Å²) in [7, 11) is 1.58. The molecule has 4 aromatic carbocycles. The number of anilines is 1. The van der Waals surface area contributed by atoms with Crippen LogP contribution in [-0.2, 0) is 31.2 Å². The standard InChI is InChI=1S/C46H48F2N6O8/c1-6-59-38-36-37(51-42(52-38)53-46(31-18-12-8-13-19-31,32-20-14-9-15-21-32)33-22-24-34(58-5)25-23-33)54(28-49-36)41-44(4,40(47)45(48,27-55)62-41)61-39(56)35(29(2)3)50-43(57)60-26-30-16-10-7-11-17-30/h7-25,28-29,35,40-41,55H,6,26-27H2,1-5H3,(H,50,57)(H,51,52,53)/t35?,40-,41+,44+,45+/m0/s1. The molecule has 1 fully saturated rings. The Morgan fingerprint density at radius 1 is 0.919 bits per heavy atom. The molecule has 324 valence electrons. The highest BCUT2D eigenvalue weighted by Gasteiger charge is 2.67. The second-order valence-electron chi connectivity index (χ2n) is 15.3. The summed E-state index contributed by atoms with van der Waals surface area (Å²) in [6, 6.07) is 34.4. The number of benzene rings is 4. The van der Waals surface area contributed by atoms with Gasteiger partial charge in [0.15, 0.2) is 23.0 Å². The fourth-order valence-electron chi connectivity index (χ4n) is 7.59. The number of alkyl carbamates (subject to hydrolysis) is 1. The maximum atomic E-state index is 16.6. The molecule has 3 N–H and O–H groups in total. The van der Waals surface area contributed by atoms with Gasteiger partial charge in [-0.1, -0.05) is 117 Å². The lowest BCUT2D eigenvalue weighted by atomic mass is 9.77. The van der Waals surface area contributed by atoms with E-state index in [4.69, 9.17) is 33.7 Å². The van der Waals surface area contributed by atoms with E-state index in [1.54, 1.807) is 52.1 Å². The molecule has 1 unspecified atom stereocenters. The summed E-state index contributed by atoms with van der Waals surface area (Å²) < 4.78 is 62.5. The molecule has 14 nitrogen and oxygen atoms in total. The van der Waals surface area contributed by atoms with Crippen molar-refractivity contribution in [3.05, 3.63) is 144 Å². The number of aliphatic hydroxyl groups excluding tert-OH is 1. The number of halogens is 2. The SMILES string of the molecule is CCOc1nc(NC(c2ccccc2)(c2ccccc2)c2ccc(OC)cc2)nc2c1ncn2[C@@H]1O[C@](F)(CO)[C@@H](F)[C@@]1(C)OC(=O)C(NC(=O)OCc1ccccc1)C(C)C. The topological polar surface area (TPSA) is 168 Å². The van der Waals surface area contributed by atoms with Crippen LogP contribution in [0.1, 0.15) is 56.2 Å². The minimum absolute atomic E-state index is 0.0135. The van der Waals surface area contributed by atoms with Crippen molar-refractivity contribution in [1.29, 1.82) is 0 Å². The van der Waals surface area contributed by atoms with Gasteiger partial charge in [0.25, 0.3) is 5.85 Å².